The Morgan fingerprint density at radius 2 is 1.87 bits per heavy atom. The Balaban J connectivity index is 1.79. The van der Waals surface area contributed by atoms with Gasteiger partial charge in [0.15, 0.2) is 0 Å². The van der Waals surface area contributed by atoms with Crippen LogP contribution in [-0.2, 0) is 13.1 Å². The molecule has 0 atom stereocenters. The maximum atomic E-state index is 12.2. The molecule has 5 heteroatoms. The Labute approximate surface area is 140 Å². The lowest BCUT2D eigenvalue weighted by atomic mass is 10.1. The molecule has 23 heavy (non-hydrogen) atoms. The van der Waals surface area contributed by atoms with Gasteiger partial charge in [0.2, 0.25) is 0 Å². The molecule has 0 saturated carbocycles. The molecule has 0 radical (unpaired) electrons. The van der Waals surface area contributed by atoms with Gasteiger partial charge < -0.3 is 0 Å². The van der Waals surface area contributed by atoms with Crippen molar-refractivity contribution >= 4 is 17.2 Å². The minimum Gasteiger partial charge on any atom is -0.296 e. The van der Waals surface area contributed by atoms with Gasteiger partial charge in [0.25, 0.3) is 5.56 Å². The molecule has 2 heterocycles. The molecule has 0 unspecified atom stereocenters. The van der Waals surface area contributed by atoms with Gasteiger partial charge in [-0.05, 0) is 31.7 Å². The molecule has 2 aromatic heterocycles. The van der Waals surface area contributed by atoms with E-state index in [1.165, 1.54) is 15.5 Å². The quantitative estimate of drug-likeness (QED) is 0.738. The number of aromatic nitrogens is 2. The van der Waals surface area contributed by atoms with Gasteiger partial charge in [-0.25, -0.2) is 4.98 Å². The average Bonchev–Trinajstić information content (AvgIpc) is 2.50. The highest BCUT2D eigenvalue weighted by molar-refractivity contribution is 6.30. The SMILES string of the molecule is Cc1ccc(CN(C)Cc2cc(=O)n3cc(Cl)ccc3n2)cc1. The molecule has 0 spiro atoms. The number of halogens is 1. The van der Waals surface area contributed by atoms with Gasteiger partial charge in [-0.15, -0.1) is 0 Å². The van der Waals surface area contributed by atoms with E-state index in [-0.39, 0.29) is 5.56 Å². The molecule has 0 aliphatic heterocycles. The maximum absolute atomic E-state index is 12.2. The zero-order chi connectivity index (χ0) is 16.4. The largest absolute Gasteiger partial charge is 0.296 e. The highest BCUT2D eigenvalue weighted by Crippen LogP contribution is 2.10. The molecular weight excluding hydrogens is 310 g/mol. The van der Waals surface area contributed by atoms with E-state index in [0.29, 0.717) is 17.2 Å². The van der Waals surface area contributed by atoms with Crippen LogP contribution in [0.5, 0.6) is 0 Å². The Morgan fingerprint density at radius 3 is 2.61 bits per heavy atom. The predicted molar refractivity (Wildman–Crippen MR) is 92.8 cm³/mol. The molecule has 0 N–H and O–H groups in total. The summed E-state index contributed by atoms with van der Waals surface area (Å²) in [5, 5.41) is 0.519. The van der Waals surface area contributed by atoms with Crippen LogP contribution >= 0.6 is 11.6 Å². The summed E-state index contributed by atoms with van der Waals surface area (Å²) >= 11 is 5.92. The summed E-state index contributed by atoms with van der Waals surface area (Å²) in [6, 6.07) is 13.5. The first-order valence-electron chi connectivity index (χ1n) is 7.43. The van der Waals surface area contributed by atoms with E-state index in [1.807, 2.05) is 7.05 Å². The Kier molecular flexibility index (Phi) is 4.46. The van der Waals surface area contributed by atoms with Gasteiger partial charge in [-0.1, -0.05) is 41.4 Å². The van der Waals surface area contributed by atoms with E-state index in [2.05, 4.69) is 41.1 Å². The molecule has 0 amide bonds. The van der Waals surface area contributed by atoms with E-state index in [4.69, 9.17) is 11.6 Å². The fourth-order valence-corrected chi connectivity index (χ4v) is 2.71. The zero-order valence-corrected chi connectivity index (χ0v) is 13.9. The van der Waals surface area contributed by atoms with E-state index >= 15 is 0 Å². The number of hydrogen-bond donors (Lipinski definition) is 0. The van der Waals surface area contributed by atoms with Gasteiger partial charge in [0.1, 0.15) is 5.65 Å². The summed E-state index contributed by atoms with van der Waals surface area (Å²) < 4.78 is 1.46. The van der Waals surface area contributed by atoms with Crippen LogP contribution < -0.4 is 5.56 Å². The lowest BCUT2D eigenvalue weighted by Gasteiger charge is -2.16. The standard InChI is InChI=1S/C18H18ClN3O/c1-13-3-5-14(6-4-13)10-21(2)12-16-9-18(23)22-11-15(19)7-8-17(22)20-16/h3-9,11H,10,12H2,1-2H3. The van der Waals surface area contributed by atoms with E-state index < -0.39 is 0 Å². The first kappa shape index (κ1) is 15.7. The van der Waals surface area contributed by atoms with Gasteiger partial charge in [-0.3, -0.25) is 14.1 Å². The molecule has 0 fully saturated rings. The number of hydrogen-bond acceptors (Lipinski definition) is 3. The molecule has 118 valence electrons. The number of nitrogens with zero attached hydrogens (tertiary/aromatic N) is 3. The Morgan fingerprint density at radius 1 is 1.13 bits per heavy atom. The van der Waals surface area contributed by atoms with Gasteiger partial charge in [0.05, 0.1) is 10.7 Å². The first-order valence-corrected chi connectivity index (χ1v) is 7.81. The van der Waals surface area contributed by atoms with E-state index in [1.54, 1.807) is 24.4 Å². The van der Waals surface area contributed by atoms with Crippen LogP contribution in [-0.4, -0.2) is 21.3 Å². The van der Waals surface area contributed by atoms with Crippen molar-refractivity contribution in [1.29, 1.82) is 0 Å². The number of benzene rings is 1. The number of aryl methyl sites for hydroxylation is 1. The summed E-state index contributed by atoms with van der Waals surface area (Å²) in [6.45, 7) is 3.50. The van der Waals surface area contributed by atoms with Gasteiger partial charge >= 0.3 is 0 Å². The molecular formula is C18H18ClN3O. The van der Waals surface area contributed by atoms with Gasteiger partial charge in [0, 0.05) is 25.4 Å². The Bertz CT molecular complexity index is 887. The zero-order valence-electron chi connectivity index (χ0n) is 13.2. The lowest BCUT2D eigenvalue weighted by Crippen LogP contribution is -2.21. The highest BCUT2D eigenvalue weighted by atomic mass is 35.5. The fourth-order valence-electron chi connectivity index (χ4n) is 2.54. The van der Waals surface area contributed by atoms with E-state index in [0.717, 1.165) is 12.2 Å². The Hall–Kier alpha value is -2.17. The second-order valence-electron chi connectivity index (χ2n) is 5.82. The molecule has 0 aliphatic carbocycles. The van der Waals surface area contributed by atoms with Crippen LogP contribution in [0.1, 0.15) is 16.8 Å². The van der Waals surface area contributed by atoms with Crippen LogP contribution in [0.3, 0.4) is 0 Å². The predicted octanol–water partition coefficient (Wildman–Crippen LogP) is 3.29. The lowest BCUT2D eigenvalue weighted by molar-refractivity contribution is 0.315. The number of fused-ring (bicyclic) bond motifs is 1. The van der Waals surface area contributed by atoms with Crippen molar-refractivity contribution in [3.05, 3.63) is 80.9 Å². The van der Waals surface area contributed by atoms with Crippen molar-refractivity contribution in [2.24, 2.45) is 0 Å². The van der Waals surface area contributed by atoms with Crippen LogP contribution in [0.2, 0.25) is 5.02 Å². The van der Waals surface area contributed by atoms with Crippen molar-refractivity contribution in [1.82, 2.24) is 14.3 Å². The topological polar surface area (TPSA) is 37.6 Å². The molecule has 0 aliphatic rings. The molecule has 0 saturated heterocycles. The fraction of sp³-hybridized carbons (Fsp3) is 0.222. The summed E-state index contributed by atoms with van der Waals surface area (Å²) in [6.07, 6.45) is 1.59. The second-order valence-corrected chi connectivity index (χ2v) is 6.26. The van der Waals surface area contributed by atoms with E-state index in [9.17, 15) is 4.79 Å². The van der Waals surface area contributed by atoms with Gasteiger partial charge in [-0.2, -0.15) is 0 Å². The third-order valence-electron chi connectivity index (χ3n) is 3.68. The maximum Gasteiger partial charge on any atom is 0.258 e. The minimum absolute atomic E-state index is 0.115. The van der Waals surface area contributed by atoms with Crippen molar-refractivity contribution < 1.29 is 0 Å². The van der Waals surface area contributed by atoms with Crippen molar-refractivity contribution in [3.63, 3.8) is 0 Å². The monoisotopic (exact) mass is 327 g/mol. The summed E-state index contributed by atoms with van der Waals surface area (Å²) in [5.74, 6) is 0. The summed E-state index contributed by atoms with van der Waals surface area (Å²) in [5.41, 5.74) is 3.74. The highest BCUT2D eigenvalue weighted by Gasteiger charge is 2.07. The normalized spacial score (nSPS) is 11.3. The summed E-state index contributed by atoms with van der Waals surface area (Å²) in [4.78, 5) is 18.8. The second kappa shape index (κ2) is 6.52. The van der Waals surface area contributed by atoms with Crippen LogP contribution in [0.15, 0.2) is 53.5 Å². The smallest absolute Gasteiger partial charge is 0.258 e. The molecule has 0 bridgehead atoms. The summed E-state index contributed by atoms with van der Waals surface area (Å²) in [7, 11) is 2.02. The number of rotatable bonds is 4. The van der Waals surface area contributed by atoms with Crippen LogP contribution in [0.4, 0.5) is 0 Å². The first-order chi connectivity index (χ1) is 11.0. The van der Waals surface area contributed by atoms with Crippen molar-refractivity contribution in [2.45, 2.75) is 20.0 Å². The van der Waals surface area contributed by atoms with Crippen LogP contribution in [0.25, 0.3) is 5.65 Å². The molecule has 3 aromatic rings. The van der Waals surface area contributed by atoms with Crippen molar-refractivity contribution in [3.8, 4) is 0 Å². The third kappa shape index (κ3) is 3.78. The minimum atomic E-state index is -0.115. The average molecular weight is 328 g/mol. The molecule has 1 aromatic carbocycles. The molecule has 4 nitrogen and oxygen atoms in total. The van der Waals surface area contributed by atoms with Crippen molar-refractivity contribution in [2.75, 3.05) is 7.05 Å². The third-order valence-corrected chi connectivity index (χ3v) is 3.91. The van der Waals surface area contributed by atoms with Crippen LogP contribution in [0, 0.1) is 6.92 Å². The number of pyridine rings is 1. The molecule has 3 rings (SSSR count).